The predicted octanol–water partition coefficient (Wildman–Crippen LogP) is 8.97. The number of nitrogens with zero attached hydrogens (tertiary/aromatic N) is 1. The Bertz CT molecular complexity index is 2030. The Labute approximate surface area is 246 Å². The van der Waals surface area contributed by atoms with Crippen molar-refractivity contribution in [1.29, 1.82) is 0 Å². The van der Waals surface area contributed by atoms with Crippen LogP contribution in [0.15, 0.2) is 116 Å². The molecule has 7 heteroatoms. The molecular formula is C35H34N2O4S. The molecule has 2 aliphatic rings. The Balaban J connectivity index is 1.82. The number of fused-ring (bicyclic) bond motifs is 2. The van der Waals surface area contributed by atoms with Crippen molar-refractivity contribution in [2.45, 2.75) is 46.4 Å². The zero-order valence-corrected chi connectivity index (χ0v) is 25.4. The third kappa shape index (κ3) is 5.66. The normalized spacial score (nSPS) is 12.6. The molecule has 0 saturated carbocycles. The molecule has 0 spiro atoms. The SMILES string of the molecule is C/C=C(/C)C(Nc1ccc2c(-c3ccccc3S(=O)(=O)O)c3ccc(=Nc4c(C)cccc4C)cc-3oc2c1)=C(C)C. The van der Waals surface area contributed by atoms with E-state index < -0.39 is 10.1 Å². The molecule has 5 rings (SSSR count). The molecule has 3 aromatic rings. The third-order valence-electron chi connectivity index (χ3n) is 7.42. The van der Waals surface area contributed by atoms with Gasteiger partial charge in [0.05, 0.1) is 11.0 Å². The number of benzene rings is 4. The first-order valence-electron chi connectivity index (χ1n) is 13.7. The van der Waals surface area contributed by atoms with E-state index in [0.717, 1.165) is 39.3 Å². The molecule has 0 aromatic heterocycles. The highest BCUT2D eigenvalue weighted by Gasteiger charge is 2.23. The van der Waals surface area contributed by atoms with Gasteiger partial charge in [-0.2, -0.15) is 8.42 Å². The van der Waals surface area contributed by atoms with E-state index in [1.54, 1.807) is 18.2 Å². The van der Waals surface area contributed by atoms with Crippen molar-refractivity contribution in [2.24, 2.45) is 4.99 Å². The lowest BCUT2D eigenvalue weighted by molar-refractivity contribution is 0.483. The van der Waals surface area contributed by atoms with Crippen LogP contribution in [0.3, 0.4) is 0 Å². The van der Waals surface area contributed by atoms with E-state index in [-0.39, 0.29) is 4.90 Å². The summed E-state index contributed by atoms with van der Waals surface area (Å²) < 4.78 is 41.5. The van der Waals surface area contributed by atoms with Crippen molar-refractivity contribution < 1.29 is 17.4 Å². The van der Waals surface area contributed by atoms with Gasteiger partial charge < -0.3 is 9.73 Å². The molecule has 6 nitrogen and oxygen atoms in total. The summed E-state index contributed by atoms with van der Waals surface area (Å²) in [6, 6.07) is 24.0. The second-order valence-corrected chi connectivity index (χ2v) is 12.1. The van der Waals surface area contributed by atoms with Crippen molar-refractivity contribution >= 4 is 32.5 Å². The first-order chi connectivity index (χ1) is 20.0. The van der Waals surface area contributed by atoms with E-state index in [1.165, 1.54) is 6.07 Å². The molecule has 2 N–H and O–H groups in total. The summed E-state index contributed by atoms with van der Waals surface area (Å²) in [6.07, 6.45) is 2.06. The average molecular weight is 579 g/mol. The Hall–Kier alpha value is -4.46. The van der Waals surface area contributed by atoms with Gasteiger partial charge >= 0.3 is 0 Å². The zero-order valence-electron chi connectivity index (χ0n) is 24.6. The molecule has 0 fully saturated rings. The maximum Gasteiger partial charge on any atom is 0.295 e. The van der Waals surface area contributed by atoms with Crippen LogP contribution < -0.4 is 10.7 Å². The van der Waals surface area contributed by atoms with E-state index in [1.807, 2.05) is 75.4 Å². The molecular weight excluding hydrogens is 544 g/mol. The molecule has 1 heterocycles. The van der Waals surface area contributed by atoms with Crippen LogP contribution in [0.5, 0.6) is 0 Å². The van der Waals surface area contributed by atoms with Crippen molar-refractivity contribution in [3.8, 4) is 22.5 Å². The minimum Gasteiger partial charge on any atom is -0.456 e. The fourth-order valence-corrected chi connectivity index (χ4v) is 5.93. The smallest absolute Gasteiger partial charge is 0.295 e. The highest BCUT2D eigenvalue weighted by molar-refractivity contribution is 7.86. The summed E-state index contributed by atoms with van der Waals surface area (Å²) in [5.74, 6) is 0.541. The molecule has 1 aliphatic carbocycles. The van der Waals surface area contributed by atoms with Crippen molar-refractivity contribution in [3.63, 3.8) is 0 Å². The van der Waals surface area contributed by atoms with Gasteiger partial charge in [-0.25, -0.2) is 4.99 Å². The molecule has 42 heavy (non-hydrogen) atoms. The van der Waals surface area contributed by atoms with Crippen LogP contribution in [0.25, 0.3) is 33.4 Å². The fourth-order valence-electron chi connectivity index (χ4n) is 5.23. The molecule has 0 atom stereocenters. The number of rotatable bonds is 6. The number of aryl methyl sites for hydroxylation is 2. The predicted molar refractivity (Wildman–Crippen MR) is 171 cm³/mol. The van der Waals surface area contributed by atoms with Crippen LogP contribution in [0.4, 0.5) is 11.4 Å². The molecule has 0 unspecified atom stereocenters. The molecule has 0 bridgehead atoms. The van der Waals surface area contributed by atoms with Crippen LogP contribution in [0.1, 0.15) is 38.8 Å². The summed E-state index contributed by atoms with van der Waals surface area (Å²) in [5, 5.41) is 4.94. The lowest BCUT2D eigenvalue weighted by atomic mass is 9.93. The minimum atomic E-state index is -4.50. The Morgan fingerprint density at radius 3 is 2.26 bits per heavy atom. The second kappa shape index (κ2) is 11.4. The number of hydrogen-bond acceptors (Lipinski definition) is 5. The van der Waals surface area contributed by atoms with Crippen LogP contribution >= 0.6 is 0 Å². The monoisotopic (exact) mass is 578 g/mol. The van der Waals surface area contributed by atoms with E-state index in [9.17, 15) is 13.0 Å². The van der Waals surface area contributed by atoms with Gasteiger partial charge in [-0.05, 0) is 88.6 Å². The Morgan fingerprint density at radius 1 is 0.881 bits per heavy atom. The van der Waals surface area contributed by atoms with Gasteiger partial charge in [0, 0.05) is 45.6 Å². The molecule has 0 amide bonds. The zero-order chi connectivity index (χ0) is 30.2. The topological polar surface area (TPSA) is 91.9 Å². The van der Waals surface area contributed by atoms with Crippen molar-refractivity contribution in [3.05, 3.63) is 118 Å². The molecule has 1 aliphatic heterocycles. The van der Waals surface area contributed by atoms with E-state index in [0.29, 0.717) is 38.8 Å². The maximum absolute atomic E-state index is 12.4. The summed E-state index contributed by atoms with van der Waals surface area (Å²) in [7, 11) is -4.50. The summed E-state index contributed by atoms with van der Waals surface area (Å²) in [6.45, 7) is 12.2. The first-order valence-corrected chi connectivity index (χ1v) is 15.2. The van der Waals surface area contributed by atoms with Gasteiger partial charge in [0.25, 0.3) is 10.1 Å². The quantitative estimate of drug-likeness (QED) is 0.119. The standard InChI is InChI=1S/C35H34N2O4S/c1-7-22(4)34(21(2)3)36-25-15-17-27-30(19-25)41-31-20-26(37-35-23(5)11-10-12-24(35)6)16-18-28(31)33(27)29-13-8-9-14-32(29)42(38,39)40/h7-20,36H,1-6H3,(H,38,39,40)/b22-7-,37-26?. The molecule has 0 radical (unpaired) electrons. The van der Waals surface area contributed by atoms with E-state index in [2.05, 4.69) is 32.2 Å². The highest BCUT2D eigenvalue weighted by atomic mass is 32.2. The molecule has 214 valence electrons. The maximum atomic E-state index is 12.4. The third-order valence-corrected chi connectivity index (χ3v) is 8.33. The van der Waals surface area contributed by atoms with Gasteiger partial charge in [0.1, 0.15) is 16.2 Å². The lowest BCUT2D eigenvalue weighted by Gasteiger charge is -2.19. The van der Waals surface area contributed by atoms with Gasteiger partial charge in [0.15, 0.2) is 0 Å². The Morgan fingerprint density at radius 2 is 1.60 bits per heavy atom. The molecule has 3 aromatic carbocycles. The van der Waals surface area contributed by atoms with E-state index in [4.69, 9.17) is 9.41 Å². The van der Waals surface area contributed by atoms with Gasteiger partial charge in [-0.15, -0.1) is 0 Å². The van der Waals surface area contributed by atoms with Gasteiger partial charge in [0.2, 0.25) is 0 Å². The van der Waals surface area contributed by atoms with Crippen LogP contribution in [0, 0.1) is 13.8 Å². The van der Waals surface area contributed by atoms with Gasteiger partial charge in [-0.3, -0.25) is 4.55 Å². The average Bonchev–Trinajstić information content (AvgIpc) is 2.95. The summed E-state index contributed by atoms with van der Waals surface area (Å²) >= 11 is 0. The van der Waals surface area contributed by atoms with Crippen LogP contribution in [0.2, 0.25) is 0 Å². The Kier molecular flexibility index (Phi) is 7.91. The number of para-hydroxylation sites is 1. The lowest BCUT2D eigenvalue weighted by Crippen LogP contribution is -2.06. The van der Waals surface area contributed by atoms with Gasteiger partial charge in [-0.1, -0.05) is 48.0 Å². The van der Waals surface area contributed by atoms with Crippen LogP contribution in [-0.2, 0) is 10.1 Å². The second-order valence-electron chi connectivity index (χ2n) is 10.7. The highest BCUT2D eigenvalue weighted by Crippen LogP contribution is 2.43. The van der Waals surface area contributed by atoms with Crippen molar-refractivity contribution in [2.75, 3.05) is 5.32 Å². The van der Waals surface area contributed by atoms with E-state index >= 15 is 0 Å². The number of allylic oxidation sites excluding steroid dienone is 3. The fraction of sp³-hybridized carbons (Fsp3) is 0.171. The summed E-state index contributed by atoms with van der Waals surface area (Å²) in [4.78, 5) is 4.75. The number of nitrogens with one attached hydrogen (secondary N) is 1. The molecule has 0 saturated heterocycles. The minimum absolute atomic E-state index is 0.166. The number of hydrogen-bond donors (Lipinski definition) is 2. The van der Waals surface area contributed by atoms with Crippen LogP contribution in [-0.4, -0.2) is 13.0 Å². The van der Waals surface area contributed by atoms with Crippen molar-refractivity contribution in [1.82, 2.24) is 0 Å². The first kappa shape index (κ1) is 29.0. The summed E-state index contributed by atoms with van der Waals surface area (Å²) in [5.41, 5.74) is 9.43. The number of anilines is 1. The largest absolute Gasteiger partial charge is 0.456 e.